The average Bonchev–Trinajstić information content (AvgIpc) is 2.70. The molecular formula is C10H10BrN3S2. The monoisotopic (exact) mass is 315 g/mol. The Morgan fingerprint density at radius 3 is 2.94 bits per heavy atom. The predicted octanol–water partition coefficient (Wildman–Crippen LogP) is 3.60. The summed E-state index contributed by atoms with van der Waals surface area (Å²) in [6, 6.07) is 5.76. The van der Waals surface area contributed by atoms with Gasteiger partial charge in [0.15, 0.2) is 4.34 Å². The number of nitrogen functional groups attached to an aromatic ring is 1. The minimum atomic E-state index is 0.753. The van der Waals surface area contributed by atoms with Gasteiger partial charge in [-0.1, -0.05) is 18.7 Å². The third-order valence-electron chi connectivity index (χ3n) is 1.92. The SMILES string of the molecule is CCc1nsc(Sc2ccc(N)cc2Br)n1. The standard InChI is InChI=1S/C10H10BrN3S2/c1-2-9-13-10(16-14-9)15-8-4-3-6(12)5-7(8)11/h3-5H,2,12H2,1H3. The number of hydrogen-bond donors (Lipinski definition) is 1. The first-order valence-corrected chi connectivity index (χ1v) is 7.13. The zero-order chi connectivity index (χ0) is 11.5. The fourth-order valence-corrected chi connectivity index (χ4v) is 3.42. The summed E-state index contributed by atoms with van der Waals surface area (Å²) in [5.41, 5.74) is 6.43. The van der Waals surface area contributed by atoms with Crippen LogP contribution in [-0.2, 0) is 6.42 Å². The maximum atomic E-state index is 5.68. The predicted molar refractivity (Wildman–Crippen MR) is 72.0 cm³/mol. The quantitative estimate of drug-likeness (QED) is 0.879. The van der Waals surface area contributed by atoms with Gasteiger partial charge in [-0.2, -0.15) is 4.37 Å². The molecule has 0 aliphatic heterocycles. The van der Waals surface area contributed by atoms with Gasteiger partial charge in [0.2, 0.25) is 0 Å². The lowest BCUT2D eigenvalue weighted by Crippen LogP contribution is -1.85. The van der Waals surface area contributed by atoms with E-state index in [1.165, 1.54) is 11.5 Å². The molecule has 1 heterocycles. The lowest BCUT2D eigenvalue weighted by atomic mass is 10.3. The third kappa shape index (κ3) is 2.75. The van der Waals surface area contributed by atoms with Crippen LogP contribution in [0, 0.1) is 0 Å². The van der Waals surface area contributed by atoms with E-state index >= 15 is 0 Å². The normalized spacial score (nSPS) is 10.6. The summed E-state index contributed by atoms with van der Waals surface area (Å²) in [5.74, 6) is 0.902. The highest BCUT2D eigenvalue weighted by Crippen LogP contribution is 2.35. The first-order valence-electron chi connectivity index (χ1n) is 4.74. The van der Waals surface area contributed by atoms with Crippen LogP contribution in [0.1, 0.15) is 12.7 Å². The Hall–Kier alpha value is -0.590. The Morgan fingerprint density at radius 2 is 2.31 bits per heavy atom. The highest BCUT2D eigenvalue weighted by Gasteiger charge is 2.07. The van der Waals surface area contributed by atoms with Gasteiger partial charge in [0.05, 0.1) is 0 Å². The van der Waals surface area contributed by atoms with Crippen LogP contribution in [0.4, 0.5) is 5.69 Å². The molecule has 2 rings (SSSR count). The van der Waals surface area contributed by atoms with Crippen LogP contribution in [0.5, 0.6) is 0 Å². The number of aromatic nitrogens is 2. The van der Waals surface area contributed by atoms with Crippen molar-refractivity contribution >= 4 is 44.9 Å². The second-order valence-corrected chi connectivity index (χ2v) is 6.02. The molecule has 0 aliphatic carbocycles. The summed E-state index contributed by atoms with van der Waals surface area (Å²) in [5, 5.41) is 0. The van der Waals surface area contributed by atoms with E-state index < -0.39 is 0 Å². The van der Waals surface area contributed by atoms with Gasteiger partial charge in [-0.05, 0) is 45.7 Å². The van der Waals surface area contributed by atoms with E-state index in [0.717, 1.165) is 31.6 Å². The smallest absolute Gasteiger partial charge is 0.174 e. The summed E-state index contributed by atoms with van der Waals surface area (Å²) in [4.78, 5) is 5.51. The van der Waals surface area contributed by atoms with Crippen molar-refractivity contribution in [1.82, 2.24) is 9.36 Å². The van der Waals surface area contributed by atoms with Crippen molar-refractivity contribution in [3.8, 4) is 0 Å². The molecule has 0 unspecified atom stereocenters. The van der Waals surface area contributed by atoms with E-state index in [4.69, 9.17) is 5.73 Å². The number of anilines is 1. The second-order valence-electron chi connectivity index (χ2n) is 3.12. The molecule has 16 heavy (non-hydrogen) atoms. The molecule has 0 amide bonds. The summed E-state index contributed by atoms with van der Waals surface area (Å²) >= 11 is 6.52. The number of nitrogens with two attached hydrogens (primary N) is 1. The Labute approximate surface area is 111 Å². The third-order valence-corrected chi connectivity index (χ3v) is 4.70. The van der Waals surface area contributed by atoms with E-state index in [-0.39, 0.29) is 0 Å². The van der Waals surface area contributed by atoms with Crippen molar-refractivity contribution in [2.45, 2.75) is 22.6 Å². The number of benzene rings is 1. The molecule has 84 valence electrons. The fourth-order valence-electron chi connectivity index (χ4n) is 1.12. The Kier molecular flexibility index (Phi) is 3.83. The topological polar surface area (TPSA) is 51.8 Å². The van der Waals surface area contributed by atoms with Crippen molar-refractivity contribution in [3.63, 3.8) is 0 Å². The van der Waals surface area contributed by atoms with Crippen LogP contribution in [0.2, 0.25) is 0 Å². The van der Waals surface area contributed by atoms with Crippen molar-refractivity contribution in [2.75, 3.05) is 5.73 Å². The summed E-state index contributed by atoms with van der Waals surface area (Å²) in [6.07, 6.45) is 0.875. The van der Waals surface area contributed by atoms with Gasteiger partial charge >= 0.3 is 0 Å². The van der Waals surface area contributed by atoms with Crippen LogP contribution in [-0.4, -0.2) is 9.36 Å². The highest BCUT2D eigenvalue weighted by atomic mass is 79.9. The molecule has 2 aromatic rings. The Balaban J connectivity index is 2.20. The minimum absolute atomic E-state index is 0.753. The number of rotatable bonds is 3. The molecule has 0 atom stereocenters. The first kappa shape index (κ1) is 11.9. The van der Waals surface area contributed by atoms with Crippen LogP contribution in [0.25, 0.3) is 0 Å². The van der Waals surface area contributed by atoms with Gasteiger partial charge in [0.25, 0.3) is 0 Å². The van der Waals surface area contributed by atoms with Crippen molar-refractivity contribution in [3.05, 3.63) is 28.5 Å². The van der Waals surface area contributed by atoms with Gasteiger partial charge in [0.1, 0.15) is 5.82 Å². The molecule has 3 nitrogen and oxygen atoms in total. The second kappa shape index (κ2) is 5.16. The largest absolute Gasteiger partial charge is 0.399 e. The Bertz CT molecular complexity index is 499. The van der Waals surface area contributed by atoms with E-state index in [9.17, 15) is 0 Å². The van der Waals surface area contributed by atoms with Crippen molar-refractivity contribution < 1.29 is 0 Å². The summed E-state index contributed by atoms with van der Waals surface area (Å²) < 4.78 is 6.20. The number of aryl methyl sites for hydroxylation is 1. The zero-order valence-corrected chi connectivity index (χ0v) is 11.8. The van der Waals surface area contributed by atoms with Crippen LogP contribution in [0.3, 0.4) is 0 Å². The number of halogens is 1. The molecule has 0 fully saturated rings. The Morgan fingerprint density at radius 1 is 1.50 bits per heavy atom. The molecule has 1 aromatic heterocycles. The number of hydrogen-bond acceptors (Lipinski definition) is 5. The molecule has 1 aromatic carbocycles. The first-order chi connectivity index (χ1) is 7.69. The van der Waals surface area contributed by atoms with Crippen LogP contribution >= 0.6 is 39.2 Å². The molecule has 0 spiro atoms. The molecule has 0 saturated carbocycles. The zero-order valence-electron chi connectivity index (χ0n) is 8.61. The van der Waals surface area contributed by atoms with Gasteiger partial charge in [-0.3, -0.25) is 0 Å². The van der Waals surface area contributed by atoms with Gasteiger partial charge in [-0.25, -0.2) is 4.98 Å². The molecule has 2 N–H and O–H groups in total. The average molecular weight is 316 g/mol. The van der Waals surface area contributed by atoms with Gasteiger partial charge in [-0.15, -0.1) is 0 Å². The maximum absolute atomic E-state index is 5.68. The van der Waals surface area contributed by atoms with Crippen LogP contribution < -0.4 is 5.73 Å². The lowest BCUT2D eigenvalue weighted by molar-refractivity contribution is 0.971. The summed E-state index contributed by atoms with van der Waals surface area (Å²) in [6.45, 7) is 2.05. The molecule has 0 bridgehead atoms. The van der Waals surface area contributed by atoms with E-state index in [1.54, 1.807) is 11.8 Å². The molecule has 0 aliphatic rings. The van der Waals surface area contributed by atoms with E-state index in [2.05, 4.69) is 32.2 Å². The molecule has 0 saturated heterocycles. The van der Waals surface area contributed by atoms with Crippen molar-refractivity contribution in [1.29, 1.82) is 0 Å². The highest BCUT2D eigenvalue weighted by molar-refractivity contribution is 9.10. The number of nitrogens with zero attached hydrogens (tertiary/aromatic N) is 2. The van der Waals surface area contributed by atoms with Crippen molar-refractivity contribution in [2.24, 2.45) is 0 Å². The van der Waals surface area contributed by atoms with Crippen LogP contribution in [0.15, 0.2) is 31.9 Å². The lowest BCUT2D eigenvalue weighted by Gasteiger charge is -2.01. The van der Waals surface area contributed by atoms with E-state index in [1.807, 2.05) is 18.2 Å². The minimum Gasteiger partial charge on any atom is -0.399 e. The van der Waals surface area contributed by atoms with Gasteiger partial charge < -0.3 is 5.73 Å². The fraction of sp³-hybridized carbons (Fsp3) is 0.200. The molecule has 0 radical (unpaired) electrons. The maximum Gasteiger partial charge on any atom is 0.174 e. The molecule has 6 heteroatoms. The van der Waals surface area contributed by atoms with Gasteiger partial charge in [0, 0.05) is 21.5 Å². The van der Waals surface area contributed by atoms with E-state index in [0.29, 0.717) is 0 Å². The summed E-state index contributed by atoms with van der Waals surface area (Å²) in [7, 11) is 0. The molecular weight excluding hydrogens is 306 g/mol.